The molecular formula is C13H13N2O2+. The van der Waals surface area contributed by atoms with Gasteiger partial charge in [0.15, 0.2) is 12.4 Å². The Morgan fingerprint density at radius 3 is 2.06 bits per heavy atom. The number of aromatic nitrogens is 1. The monoisotopic (exact) mass is 229 g/mol. The molecule has 86 valence electrons. The molecule has 0 aliphatic carbocycles. The molecule has 0 saturated heterocycles. The van der Waals surface area contributed by atoms with E-state index in [4.69, 9.17) is 0 Å². The molecule has 0 amide bonds. The third-order valence-corrected chi connectivity index (χ3v) is 2.67. The smallest absolute Gasteiger partial charge is 0.258 e. The van der Waals surface area contributed by atoms with Crippen molar-refractivity contribution in [3.8, 4) is 11.1 Å². The van der Waals surface area contributed by atoms with E-state index in [1.807, 2.05) is 24.5 Å². The number of non-ortho nitro benzene ring substituents is 1. The van der Waals surface area contributed by atoms with Gasteiger partial charge in [-0.2, -0.15) is 0 Å². The third kappa shape index (κ3) is 2.47. The molecule has 0 spiro atoms. The summed E-state index contributed by atoms with van der Waals surface area (Å²) in [4.78, 5) is 10.1. The summed E-state index contributed by atoms with van der Waals surface area (Å²) in [7, 11) is 0. The van der Waals surface area contributed by atoms with Crippen molar-refractivity contribution < 1.29 is 9.49 Å². The van der Waals surface area contributed by atoms with Crippen LogP contribution in [0.1, 0.15) is 6.92 Å². The first-order valence-corrected chi connectivity index (χ1v) is 5.44. The van der Waals surface area contributed by atoms with E-state index in [2.05, 4.69) is 11.5 Å². The lowest BCUT2D eigenvalue weighted by atomic mass is 10.1. The van der Waals surface area contributed by atoms with Gasteiger partial charge < -0.3 is 0 Å². The zero-order valence-corrected chi connectivity index (χ0v) is 9.54. The van der Waals surface area contributed by atoms with Crippen LogP contribution < -0.4 is 4.57 Å². The molecule has 4 nitrogen and oxygen atoms in total. The van der Waals surface area contributed by atoms with Crippen LogP contribution in [0.25, 0.3) is 11.1 Å². The number of pyridine rings is 1. The molecule has 0 atom stereocenters. The summed E-state index contributed by atoms with van der Waals surface area (Å²) < 4.78 is 2.06. The molecule has 0 aliphatic heterocycles. The van der Waals surface area contributed by atoms with Crippen LogP contribution in [0.5, 0.6) is 0 Å². The zero-order valence-electron chi connectivity index (χ0n) is 9.54. The highest BCUT2D eigenvalue weighted by molar-refractivity contribution is 5.63. The van der Waals surface area contributed by atoms with Gasteiger partial charge in [0.1, 0.15) is 6.54 Å². The molecule has 0 radical (unpaired) electrons. The number of nitro groups is 1. The van der Waals surface area contributed by atoms with Crippen LogP contribution in [0, 0.1) is 10.1 Å². The van der Waals surface area contributed by atoms with E-state index in [1.54, 1.807) is 12.1 Å². The number of hydrogen-bond donors (Lipinski definition) is 0. The normalized spacial score (nSPS) is 10.2. The van der Waals surface area contributed by atoms with E-state index >= 15 is 0 Å². The maximum absolute atomic E-state index is 10.5. The number of aryl methyl sites for hydroxylation is 1. The van der Waals surface area contributed by atoms with Crippen molar-refractivity contribution in [3.63, 3.8) is 0 Å². The van der Waals surface area contributed by atoms with E-state index in [9.17, 15) is 10.1 Å². The van der Waals surface area contributed by atoms with Crippen LogP contribution in [0.4, 0.5) is 5.69 Å². The minimum Gasteiger partial charge on any atom is -0.258 e. The van der Waals surface area contributed by atoms with Gasteiger partial charge in [-0.05, 0) is 30.2 Å². The summed E-state index contributed by atoms with van der Waals surface area (Å²) in [5.74, 6) is 0. The van der Waals surface area contributed by atoms with Gasteiger partial charge in [0.25, 0.3) is 5.69 Å². The highest BCUT2D eigenvalue weighted by atomic mass is 16.6. The number of hydrogen-bond acceptors (Lipinski definition) is 2. The van der Waals surface area contributed by atoms with Crippen LogP contribution in [0.3, 0.4) is 0 Å². The quantitative estimate of drug-likeness (QED) is 0.461. The fourth-order valence-corrected chi connectivity index (χ4v) is 1.64. The first kappa shape index (κ1) is 11.3. The molecule has 4 heteroatoms. The Morgan fingerprint density at radius 1 is 1.06 bits per heavy atom. The van der Waals surface area contributed by atoms with Gasteiger partial charge in [0, 0.05) is 24.3 Å². The highest BCUT2D eigenvalue weighted by Crippen LogP contribution is 2.21. The summed E-state index contributed by atoms with van der Waals surface area (Å²) in [5.41, 5.74) is 2.16. The molecule has 2 aromatic rings. The Labute approximate surface area is 99.3 Å². The van der Waals surface area contributed by atoms with E-state index < -0.39 is 0 Å². The summed E-state index contributed by atoms with van der Waals surface area (Å²) in [6.07, 6.45) is 3.99. The van der Waals surface area contributed by atoms with Crippen LogP contribution in [-0.4, -0.2) is 4.92 Å². The van der Waals surface area contributed by atoms with Crippen molar-refractivity contribution in [1.82, 2.24) is 0 Å². The molecule has 17 heavy (non-hydrogen) atoms. The summed E-state index contributed by atoms with van der Waals surface area (Å²) in [5, 5.41) is 10.5. The topological polar surface area (TPSA) is 47.0 Å². The van der Waals surface area contributed by atoms with Crippen LogP contribution >= 0.6 is 0 Å². The molecule has 0 fully saturated rings. The summed E-state index contributed by atoms with van der Waals surface area (Å²) in [6.45, 7) is 3.01. The van der Waals surface area contributed by atoms with Crippen molar-refractivity contribution in [2.75, 3.05) is 0 Å². The molecule has 0 N–H and O–H groups in total. The first-order valence-electron chi connectivity index (χ1n) is 5.44. The van der Waals surface area contributed by atoms with Crippen LogP contribution in [0.2, 0.25) is 0 Å². The van der Waals surface area contributed by atoms with Gasteiger partial charge in [0.05, 0.1) is 4.92 Å². The van der Waals surface area contributed by atoms with E-state index in [1.165, 1.54) is 12.1 Å². The maximum Gasteiger partial charge on any atom is 0.269 e. The fraction of sp³-hybridized carbons (Fsp3) is 0.154. The molecular weight excluding hydrogens is 216 g/mol. The van der Waals surface area contributed by atoms with Gasteiger partial charge in [-0.1, -0.05) is 0 Å². The first-order chi connectivity index (χ1) is 8.20. The SMILES string of the molecule is CC[n+]1ccc(-c2ccc([N+](=O)[O-])cc2)cc1. The Bertz CT molecular complexity index is 518. The van der Waals surface area contributed by atoms with Crippen molar-refractivity contribution >= 4 is 5.69 Å². The average Bonchev–Trinajstić information content (AvgIpc) is 2.39. The molecule has 0 unspecified atom stereocenters. The molecule has 1 heterocycles. The predicted molar refractivity (Wildman–Crippen MR) is 64.4 cm³/mol. The summed E-state index contributed by atoms with van der Waals surface area (Å²) >= 11 is 0. The van der Waals surface area contributed by atoms with Gasteiger partial charge >= 0.3 is 0 Å². The van der Waals surface area contributed by atoms with Crippen molar-refractivity contribution in [2.45, 2.75) is 13.5 Å². The average molecular weight is 229 g/mol. The second-order valence-electron chi connectivity index (χ2n) is 3.72. The Kier molecular flexibility index (Phi) is 3.14. The number of benzene rings is 1. The number of rotatable bonds is 3. The molecule has 1 aromatic carbocycles. The molecule has 0 aliphatic rings. The van der Waals surface area contributed by atoms with Crippen molar-refractivity contribution in [1.29, 1.82) is 0 Å². The second kappa shape index (κ2) is 4.74. The van der Waals surface area contributed by atoms with E-state index in [0.29, 0.717) is 0 Å². The second-order valence-corrected chi connectivity index (χ2v) is 3.72. The number of nitrogens with zero attached hydrogens (tertiary/aromatic N) is 2. The lowest BCUT2D eigenvalue weighted by molar-refractivity contribution is -0.693. The van der Waals surface area contributed by atoms with Crippen LogP contribution in [-0.2, 0) is 6.54 Å². The Morgan fingerprint density at radius 2 is 1.59 bits per heavy atom. The molecule has 1 aromatic heterocycles. The van der Waals surface area contributed by atoms with Gasteiger partial charge in [-0.25, -0.2) is 4.57 Å². The molecule has 2 rings (SSSR count). The largest absolute Gasteiger partial charge is 0.269 e. The standard InChI is InChI=1S/C13H13N2O2/c1-2-14-9-7-12(8-10-14)11-3-5-13(6-4-11)15(16)17/h3-10H,2H2,1H3/q+1. The van der Waals surface area contributed by atoms with E-state index in [-0.39, 0.29) is 10.6 Å². The van der Waals surface area contributed by atoms with Gasteiger partial charge in [-0.15, -0.1) is 0 Å². The third-order valence-electron chi connectivity index (χ3n) is 2.67. The van der Waals surface area contributed by atoms with Crippen molar-refractivity contribution in [2.24, 2.45) is 0 Å². The highest BCUT2D eigenvalue weighted by Gasteiger charge is 2.06. The lowest BCUT2D eigenvalue weighted by Crippen LogP contribution is -2.30. The molecule has 0 bridgehead atoms. The van der Waals surface area contributed by atoms with Gasteiger partial charge in [-0.3, -0.25) is 10.1 Å². The maximum atomic E-state index is 10.5. The Hall–Kier alpha value is -2.23. The predicted octanol–water partition coefficient (Wildman–Crippen LogP) is 2.57. The van der Waals surface area contributed by atoms with Crippen molar-refractivity contribution in [3.05, 3.63) is 58.9 Å². The Balaban J connectivity index is 2.29. The summed E-state index contributed by atoms with van der Waals surface area (Å²) in [6, 6.07) is 10.6. The van der Waals surface area contributed by atoms with Gasteiger partial charge in [0.2, 0.25) is 0 Å². The number of nitro benzene ring substituents is 1. The fourth-order valence-electron chi connectivity index (χ4n) is 1.64. The zero-order chi connectivity index (χ0) is 12.3. The minimum atomic E-state index is -0.389. The minimum absolute atomic E-state index is 0.119. The molecule has 0 saturated carbocycles. The lowest BCUT2D eigenvalue weighted by Gasteiger charge is -2.00. The van der Waals surface area contributed by atoms with E-state index in [0.717, 1.165) is 17.7 Å². The van der Waals surface area contributed by atoms with Crippen LogP contribution in [0.15, 0.2) is 48.8 Å².